The average Bonchev–Trinajstić information content (AvgIpc) is 2.73. The van der Waals surface area contributed by atoms with Gasteiger partial charge in [-0.25, -0.2) is 9.97 Å². The Morgan fingerprint density at radius 1 is 1.26 bits per heavy atom. The lowest BCUT2D eigenvalue weighted by Crippen LogP contribution is -2.07. The highest BCUT2D eigenvalue weighted by Gasteiger charge is 2.12. The number of nitrogens with one attached hydrogen (secondary N) is 1. The monoisotopic (exact) mass is 297 g/mol. The van der Waals surface area contributed by atoms with Gasteiger partial charge in [0.1, 0.15) is 9.98 Å². The molecule has 2 rings (SSSR count). The van der Waals surface area contributed by atoms with Gasteiger partial charge in [-0.05, 0) is 24.3 Å². The Balaban J connectivity index is 2.22. The molecule has 0 fully saturated rings. The van der Waals surface area contributed by atoms with Gasteiger partial charge in [0, 0.05) is 16.8 Å². The van der Waals surface area contributed by atoms with E-state index in [4.69, 9.17) is 11.6 Å². The molecule has 0 atom stereocenters. The van der Waals surface area contributed by atoms with Gasteiger partial charge in [-0.3, -0.25) is 0 Å². The van der Waals surface area contributed by atoms with Crippen LogP contribution in [-0.2, 0) is 0 Å². The van der Waals surface area contributed by atoms with Crippen LogP contribution in [0.5, 0.6) is 0 Å². The minimum absolute atomic E-state index is 0.493. The summed E-state index contributed by atoms with van der Waals surface area (Å²) in [4.78, 5) is 11.1. The lowest BCUT2D eigenvalue weighted by molar-refractivity contribution is 0.606. The fourth-order valence-corrected chi connectivity index (χ4v) is 3.06. The normalized spacial score (nSPS) is 11.7. The van der Waals surface area contributed by atoms with Gasteiger partial charge in [-0.15, -0.1) is 11.3 Å². The lowest BCUT2D eigenvalue weighted by atomic mass is 10.1. The highest BCUT2D eigenvalue weighted by Crippen LogP contribution is 2.33. The van der Waals surface area contributed by atoms with Crippen LogP contribution in [0, 0.1) is 5.92 Å². The second kappa shape index (κ2) is 6.06. The van der Waals surface area contributed by atoms with Crippen molar-refractivity contribution < 1.29 is 0 Å². The maximum atomic E-state index is 6.24. The van der Waals surface area contributed by atoms with Gasteiger partial charge >= 0.3 is 0 Å². The van der Waals surface area contributed by atoms with Crippen LogP contribution in [0.3, 0.4) is 0 Å². The van der Waals surface area contributed by atoms with E-state index in [-0.39, 0.29) is 0 Å². The Morgan fingerprint density at radius 3 is 2.63 bits per heavy atom. The fraction of sp³-hybridized carbons (Fsp3) is 0.571. The van der Waals surface area contributed by atoms with Gasteiger partial charge in [0.15, 0.2) is 0 Å². The van der Waals surface area contributed by atoms with Gasteiger partial charge in [0.25, 0.3) is 0 Å². The van der Waals surface area contributed by atoms with Gasteiger partial charge in [0.2, 0.25) is 5.95 Å². The standard InChI is InChI=1S/C14H20ClN3S/c1-8(2)5-6-16-14-17-12(15)10-7-11(9(3)4)19-13(10)18-14/h7-9H,5-6H2,1-4H3,(H,16,17,18). The smallest absolute Gasteiger partial charge is 0.225 e. The van der Waals surface area contributed by atoms with Crippen molar-refractivity contribution in [3.05, 3.63) is 16.1 Å². The van der Waals surface area contributed by atoms with E-state index in [0.717, 1.165) is 23.2 Å². The molecule has 0 aliphatic heterocycles. The molecule has 2 aromatic heterocycles. The first-order chi connectivity index (χ1) is 8.97. The molecule has 0 unspecified atom stereocenters. The van der Waals surface area contributed by atoms with E-state index in [1.807, 2.05) is 0 Å². The van der Waals surface area contributed by atoms with Crippen molar-refractivity contribution >= 4 is 39.1 Å². The predicted molar refractivity (Wildman–Crippen MR) is 84.5 cm³/mol. The summed E-state index contributed by atoms with van der Waals surface area (Å²) in [7, 11) is 0. The molecular weight excluding hydrogens is 278 g/mol. The van der Waals surface area contributed by atoms with E-state index in [1.54, 1.807) is 11.3 Å². The van der Waals surface area contributed by atoms with Crippen LogP contribution < -0.4 is 5.32 Å². The van der Waals surface area contributed by atoms with E-state index in [2.05, 4.69) is 49.0 Å². The van der Waals surface area contributed by atoms with Gasteiger partial charge in [-0.1, -0.05) is 39.3 Å². The Hall–Kier alpha value is -0.870. The van der Waals surface area contributed by atoms with Gasteiger partial charge in [0.05, 0.1) is 0 Å². The van der Waals surface area contributed by atoms with Crippen molar-refractivity contribution in [1.29, 1.82) is 0 Å². The molecule has 0 saturated carbocycles. The summed E-state index contributed by atoms with van der Waals surface area (Å²) >= 11 is 7.94. The summed E-state index contributed by atoms with van der Waals surface area (Å²) in [6.45, 7) is 9.63. The van der Waals surface area contributed by atoms with Crippen molar-refractivity contribution in [2.24, 2.45) is 5.92 Å². The number of rotatable bonds is 5. The first-order valence-electron chi connectivity index (χ1n) is 6.68. The molecule has 5 heteroatoms. The minimum Gasteiger partial charge on any atom is -0.354 e. The molecular formula is C14H20ClN3S. The molecule has 0 aromatic carbocycles. The number of hydrogen-bond acceptors (Lipinski definition) is 4. The molecule has 0 spiro atoms. The molecule has 2 aromatic rings. The largest absolute Gasteiger partial charge is 0.354 e. The topological polar surface area (TPSA) is 37.8 Å². The number of nitrogens with zero attached hydrogens (tertiary/aromatic N) is 2. The number of anilines is 1. The number of fused-ring (bicyclic) bond motifs is 1. The van der Waals surface area contributed by atoms with Crippen LogP contribution >= 0.6 is 22.9 Å². The first kappa shape index (κ1) is 14.5. The van der Waals surface area contributed by atoms with Crippen LogP contribution in [0.25, 0.3) is 10.2 Å². The summed E-state index contributed by atoms with van der Waals surface area (Å²) in [6.07, 6.45) is 1.10. The lowest BCUT2D eigenvalue weighted by Gasteiger charge is -2.07. The van der Waals surface area contributed by atoms with Crippen LogP contribution in [0.4, 0.5) is 5.95 Å². The van der Waals surface area contributed by atoms with E-state index in [1.165, 1.54) is 4.88 Å². The molecule has 1 N–H and O–H groups in total. The quantitative estimate of drug-likeness (QED) is 0.796. The second-order valence-corrected chi connectivity index (χ2v) is 6.89. The Kier molecular flexibility index (Phi) is 4.63. The third kappa shape index (κ3) is 3.57. The minimum atomic E-state index is 0.493. The highest BCUT2D eigenvalue weighted by atomic mass is 35.5. The van der Waals surface area contributed by atoms with Crippen LogP contribution in [0.2, 0.25) is 5.15 Å². The maximum absolute atomic E-state index is 6.24. The van der Waals surface area contributed by atoms with Gasteiger partial charge < -0.3 is 5.32 Å². The third-order valence-corrected chi connectivity index (χ3v) is 4.56. The van der Waals surface area contributed by atoms with Crippen molar-refractivity contribution in [2.45, 2.75) is 40.0 Å². The molecule has 0 amide bonds. The van der Waals surface area contributed by atoms with Crippen LogP contribution in [0.15, 0.2) is 6.07 Å². The van der Waals surface area contributed by atoms with Gasteiger partial charge in [-0.2, -0.15) is 0 Å². The number of halogens is 1. The zero-order valence-electron chi connectivity index (χ0n) is 11.8. The number of thiophene rings is 1. The summed E-state index contributed by atoms with van der Waals surface area (Å²) in [5.74, 6) is 1.80. The van der Waals surface area contributed by atoms with Crippen molar-refractivity contribution in [3.8, 4) is 0 Å². The van der Waals surface area contributed by atoms with Crippen molar-refractivity contribution in [3.63, 3.8) is 0 Å². The van der Waals surface area contributed by atoms with Crippen molar-refractivity contribution in [1.82, 2.24) is 9.97 Å². The zero-order valence-corrected chi connectivity index (χ0v) is 13.4. The highest BCUT2D eigenvalue weighted by molar-refractivity contribution is 7.18. The molecule has 0 saturated heterocycles. The SMILES string of the molecule is CC(C)CCNc1nc(Cl)c2cc(C(C)C)sc2n1. The molecule has 19 heavy (non-hydrogen) atoms. The van der Waals surface area contributed by atoms with Crippen LogP contribution in [0.1, 0.15) is 44.9 Å². The van der Waals surface area contributed by atoms with E-state index >= 15 is 0 Å². The molecule has 2 heterocycles. The number of aromatic nitrogens is 2. The molecule has 0 bridgehead atoms. The Labute approximate surface area is 123 Å². The molecule has 104 valence electrons. The summed E-state index contributed by atoms with van der Waals surface area (Å²) in [5.41, 5.74) is 0. The van der Waals surface area contributed by atoms with Crippen LogP contribution in [-0.4, -0.2) is 16.5 Å². The summed E-state index contributed by atoms with van der Waals surface area (Å²) < 4.78 is 0. The maximum Gasteiger partial charge on any atom is 0.225 e. The number of hydrogen-bond donors (Lipinski definition) is 1. The third-order valence-electron chi connectivity index (χ3n) is 2.94. The predicted octanol–water partition coefficient (Wildman–Crippen LogP) is 4.93. The summed E-state index contributed by atoms with van der Waals surface area (Å²) in [6, 6.07) is 2.10. The fourth-order valence-electron chi connectivity index (χ4n) is 1.74. The zero-order chi connectivity index (χ0) is 14.0. The van der Waals surface area contributed by atoms with E-state index in [9.17, 15) is 0 Å². The average molecular weight is 298 g/mol. The molecule has 0 aliphatic rings. The van der Waals surface area contributed by atoms with Crippen molar-refractivity contribution in [2.75, 3.05) is 11.9 Å². The Morgan fingerprint density at radius 2 is 2.00 bits per heavy atom. The first-order valence-corrected chi connectivity index (χ1v) is 7.87. The van der Waals surface area contributed by atoms with E-state index in [0.29, 0.717) is 22.9 Å². The molecule has 0 radical (unpaired) electrons. The van der Waals surface area contributed by atoms with E-state index < -0.39 is 0 Å². The molecule has 0 aliphatic carbocycles. The molecule has 3 nitrogen and oxygen atoms in total. The second-order valence-electron chi connectivity index (χ2n) is 5.47. The summed E-state index contributed by atoms with van der Waals surface area (Å²) in [5, 5.41) is 4.75. The Bertz CT molecular complexity index is 563.